The maximum absolute atomic E-state index is 12.0. The van der Waals surface area contributed by atoms with Crippen molar-refractivity contribution in [2.75, 3.05) is 0 Å². The molecule has 0 saturated heterocycles. The standard InChI is InChI=1S/C11H6N2O2S/c14-9(7-3-1-2-5-12-7)10-11-8(13-15-10)4-6-16-11/h1-6H. The highest BCUT2D eigenvalue weighted by atomic mass is 32.1. The molecule has 3 rings (SSSR count). The number of hydrogen-bond acceptors (Lipinski definition) is 5. The van der Waals surface area contributed by atoms with Gasteiger partial charge in [-0.2, -0.15) is 0 Å². The van der Waals surface area contributed by atoms with E-state index in [2.05, 4.69) is 10.1 Å². The molecule has 0 N–H and O–H groups in total. The minimum Gasteiger partial charge on any atom is -0.350 e. The van der Waals surface area contributed by atoms with Gasteiger partial charge >= 0.3 is 0 Å². The number of thiophene rings is 1. The lowest BCUT2D eigenvalue weighted by atomic mass is 10.2. The number of pyridine rings is 1. The first-order valence-corrected chi connectivity index (χ1v) is 5.53. The van der Waals surface area contributed by atoms with Gasteiger partial charge < -0.3 is 4.52 Å². The highest BCUT2D eigenvalue weighted by Gasteiger charge is 2.19. The fraction of sp³-hybridized carbons (Fsp3) is 0. The minimum atomic E-state index is -0.231. The van der Waals surface area contributed by atoms with Crippen LogP contribution in [0.15, 0.2) is 40.4 Å². The molecule has 0 aliphatic carbocycles. The van der Waals surface area contributed by atoms with Crippen molar-refractivity contribution in [3.8, 4) is 0 Å². The predicted octanol–water partition coefficient (Wildman–Crippen LogP) is 2.52. The predicted molar refractivity (Wildman–Crippen MR) is 59.6 cm³/mol. The summed E-state index contributed by atoms with van der Waals surface area (Å²) in [4.78, 5) is 16.0. The first-order chi connectivity index (χ1) is 7.86. The summed E-state index contributed by atoms with van der Waals surface area (Å²) in [6.45, 7) is 0. The Kier molecular flexibility index (Phi) is 2.04. The molecule has 0 fully saturated rings. The van der Waals surface area contributed by atoms with E-state index < -0.39 is 0 Å². The molecule has 5 heteroatoms. The highest BCUT2D eigenvalue weighted by Crippen LogP contribution is 2.25. The molecule has 0 aliphatic heterocycles. The van der Waals surface area contributed by atoms with E-state index in [0.29, 0.717) is 11.2 Å². The molecule has 0 spiro atoms. The zero-order chi connectivity index (χ0) is 11.0. The maximum atomic E-state index is 12.0. The van der Waals surface area contributed by atoms with Crippen molar-refractivity contribution in [1.82, 2.24) is 10.1 Å². The van der Waals surface area contributed by atoms with Crippen molar-refractivity contribution in [2.24, 2.45) is 0 Å². The Balaban J connectivity index is 2.12. The number of hydrogen-bond donors (Lipinski definition) is 0. The van der Waals surface area contributed by atoms with Crippen molar-refractivity contribution in [1.29, 1.82) is 0 Å². The number of aromatic nitrogens is 2. The molecule has 0 bridgehead atoms. The fourth-order valence-corrected chi connectivity index (χ4v) is 2.23. The number of rotatable bonds is 2. The molecule has 0 aliphatic rings. The molecule has 3 aromatic heterocycles. The van der Waals surface area contributed by atoms with E-state index in [1.54, 1.807) is 24.4 Å². The summed E-state index contributed by atoms with van der Waals surface area (Å²) in [5, 5.41) is 5.69. The Labute approximate surface area is 94.5 Å². The molecule has 16 heavy (non-hydrogen) atoms. The average Bonchev–Trinajstić information content (AvgIpc) is 2.91. The van der Waals surface area contributed by atoms with Crippen LogP contribution in [0.25, 0.3) is 10.2 Å². The molecular weight excluding hydrogens is 224 g/mol. The Morgan fingerprint density at radius 3 is 3.06 bits per heavy atom. The fourth-order valence-electron chi connectivity index (χ4n) is 1.44. The molecule has 0 atom stereocenters. The summed E-state index contributed by atoms with van der Waals surface area (Å²) in [5.74, 6) is 0.0363. The number of ketones is 1. The summed E-state index contributed by atoms with van der Waals surface area (Å²) >= 11 is 1.44. The van der Waals surface area contributed by atoms with Crippen LogP contribution >= 0.6 is 11.3 Å². The lowest BCUT2D eigenvalue weighted by molar-refractivity contribution is 0.0998. The Bertz CT molecular complexity index is 642. The second-order valence-electron chi connectivity index (χ2n) is 3.19. The zero-order valence-corrected chi connectivity index (χ0v) is 8.90. The van der Waals surface area contributed by atoms with Crippen molar-refractivity contribution in [3.05, 3.63) is 47.3 Å². The number of carbonyl (C=O) groups is 1. The Morgan fingerprint density at radius 1 is 1.31 bits per heavy atom. The van der Waals surface area contributed by atoms with Crippen molar-refractivity contribution < 1.29 is 9.32 Å². The Hall–Kier alpha value is -2.01. The molecular formula is C11H6N2O2S. The third kappa shape index (κ3) is 1.33. The van der Waals surface area contributed by atoms with Gasteiger partial charge in [-0.1, -0.05) is 11.2 Å². The summed E-state index contributed by atoms with van der Waals surface area (Å²) in [5.41, 5.74) is 1.08. The van der Waals surface area contributed by atoms with Crippen LogP contribution in [0.5, 0.6) is 0 Å². The van der Waals surface area contributed by atoms with E-state index in [-0.39, 0.29) is 11.5 Å². The van der Waals surface area contributed by atoms with Crippen LogP contribution in [0, 0.1) is 0 Å². The normalized spacial score (nSPS) is 10.8. The third-order valence-electron chi connectivity index (χ3n) is 2.19. The lowest BCUT2D eigenvalue weighted by Crippen LogP contribution is -2.01. The van der Waals surface area contributed by atoms with E-state index in [1.165, 1.54) is 11.3 Å². The minimum absolute atomic E-state index is 0.231. The van der Waals surface area contributed by atoms with Gasteiger partial charge in [0.2, 0.25) is 5.76 Å². The maximum Gasteiger partial charge on any atom is 0.250 e. The van der Waals surface area contributed by atoms with Crippen molar-refractivity contribution in [3.63, 3.8) is 0 Å². The van der Waals surface area contributed by atoms with Crippen molar-refractivity contribution in [2.45, 2.75) is 0 Å². The van der Waals surface area contributed by atoms with E-state index >= 15 is 0 Å². The summed E-state index contributed by atoms with van der Waals surface area (Å²) in [7, 11) is 0. The quantitative estimate of drug-likeness (QED) is 0.635. The topological polar surface area (TPSA) is 56.0 Å². The van der Waals surface area contributed by atoms with Crippen LogP contribution in [-0.2, 0) is 0 Å². The molecule has 0 radical (unpaired) electrons. The van der Waals surface area contributed by atoms with Crippen LogP contribution < -0.4 is 0 Å². The molecule has 3 aromatic rings. The first-order valence-electron chi connectivity index (χ1n) is 4.65. The third-order valence-corrected chi connectivity index (χ3v) is 3.09. The van der Waals surface area contributed by atoms with Gasteiger partial charge in [0, 0.05) is 6.20 Å². The van der Waals surface area contributed by atoms with E-state index in [9.17, 15) is 4.79 Å². The molecule has 78 valence electrons. The van der Waals surface area contributed by atoms with Gasteiger partial charge in [-0.05, 0) is 23.6 Å². The van der Waals surface area contributed by atoms with Crippen LogP contribution in [0.1, 0.15) is 16.2 Å². The van der Waals surface area contributed by atoms with Gasteiger partial charge in [-0.3, -0.25) is 9.78 Å². The molecule has 0 aromatic carbocycles. The zero-order valence-electron chi connectivity index (χ0n) is 8.08. The van der Waals surface area contributed by atoms with Gasteiger partial charge in [-0.25, -0.2) is 0 Å². The summed E-state index contributed by atoms with van der Waals surface area (Å²) < 4.78 is 5.82. The Morgan fingerprint density at radius 2 is 2.25 bits per heavy atom. The number of nitrogens with zero attached hydrogens (tertiary/aromatic N) is 2. The highest BCUT2D eigenvalue weighted by molar-refractivity contribution is 7.17. The van der Waals surface area contributed by atoms with Gasteiger partial charge in [0.1, 0.15) is 15.9 Å². The second kappa shape index (κ2) is 3.53. The van der Waals surface area contributed by atoms with Gasteiger partial charge in [0.25, 0.3) is 5.78 Å². The molecule has 4 nitrogen and oxygen atoms in total. The second-order valence-corrected chi connectivity index (χ2v) is 4.11. The monoisotopic (exact) mass is 230 g/mol. The molecule has 3 heterocycles. The van der Waals surface area contributed by atoms with Crippen LogP contribution in [-0.4, -0.2) is 15.9 Å². The average molecular weight is 230 g/mol. The molecule has 0 amide bonds. The van der Waals surface area contributed by atoms with E-state index in [1.807, 2.05) is 11.4 Å². The van der Waals surface area contributed by atoms with Crippen LogP contribution in [0.4, 0.5) is 0 Å². The van der Waals surface area contributed by atoms with E-state index in [4.69, 9.17) is 4.52 Å². The largest absolute Gasteiger partial charge is 0.350 e. The summed E-state index contributed by atoms with van der Waals surface area (Å²) in [6.07, 6.45) is 1.58. The van der Waals surface area contributed by atoms with Crippen LogP contribution in [0.2, 0.25) is 0 Å². The smallest absolute Gasteiger partial charge is 0.250 e. The number of fused-ring (bicyclic) bond motifs is 1. The first kappa shape index (κ1) is 9.23. The van der Waals surface area contributed by atoms with Crippen LogP contribution in [0.3, 0.4) is 0 Å². The SMILES string of the molecule is O=C(c1ccccn1)c1onc2ccsc12. The van der Waals surface area contributed by atoms with Gasteiger partial charge in [0.15, 0.2) is 0 Å². The van der Waals surface area contributed by atoms with Gasteiger partial charge in [-0.15, -0.1) is 11.3 Å². The summed E-state index contributed by atoms with van der Waals surface area (Å²) in [6, 6.07) is 7.00. The lowest BCUT2D eigenvalue weighted by Gasteiger charge is -1.93. The van der Waals surface area contributed by atoms with Crippen molar-refractivity contribution >= 4 is 27.3 Å². The molecule has 0 saturated carbocycles. The van der Waals surface area contributed by atoms with E-state index in [0.717, 1.165) is 4.70 Å². The number of carbonyl (C=O) groups excluding carboxylic acids is 1. The molecule has 0 unspecified atom stereocenters. The van der Waals surface area contributed by atoms with Gasteiger partial charge in [0.05, 0.1) is 0 Å².